The van der Waals surface area contributed by atoms with Gasteiger partial charge in [0.15, 0.2) is 55.5 Å². The molecule has 130 heavy (non-hydrogen) atoms. The van der Waals surface area contributed by atoms with Crippen molar-refractivity contribution in [2.24, 2.45) is 0 Å². The molecule has 0 aromatic rings. The number of hydrogen-bond acceptors (Lipinski definition) is 38. The van der Waals surface area contributed by atoms with E-state index in [1.165, 1.54) is 41.5 Å². The highest BCUT2D eigenvalue weighted by molar-refractivity contribution is 5.94. The van der Waals surface area contributed by atoms with E-state index in [0.717, 1.165) is 41.5 Å². The molecule has 3 heterocycles. The third-order valence-corrected chi connectivity index (χ3v) is 19.7. The zero-order valence-corrected chi connectivity index (χ0v) is 76.7. The number of aliphatic hydroxyl groups excluding tert-OH is 1. The van der Waals surface area contributed by atoms with E-state index in [0.29, 0.717) is 103 Å². The van der Waals surface area contributed by atoms with Crippen molar-refractivity contribution in [2.45, 2.75) is 302 Å². The molecule has 0 saturated carbocycles. The van der Waals surface area contributed by atoms with Crippen molar-refractivity contribution in [3.63, 3.8) is 0 Å². The first-order valence-corrected chi connectivity index (χ1v) is 44.1. The van der Waals surface area contributed by atoms with Gasteiger partial charge in [-0.05, 0) is 51.0 Å². The van der Waals surface area contributed by atoms with Gasteiger partial charge >= 0.3 is 53.7 Å². The van der Waals surface area contributed by atoms with Crippen molar-refractivity contribution < 1.29 is 181 Å². The average molecular weight is 1870 g/mol. The van der Waals surface area contributed by atoms with Gasteiger partial charge in [0.05, 0.1) is 59.0 Å². The molecule has 0 aromatic heterocycles. The number of unbranched alkanes of at least 4 members (excludes halogenated alkanes) is 9. The Morgan fingerprint density at radius 1 is 0.315 bits per heavy atom. The Bertz CT molecular complexity index is 3560. The van der Waals surface area contributed by atoms with Gasteiger partial charge in [-0.3, -0.25) is 76.7 Å². The molecule has 7 amide bonds. The molecule has 4 aliphatic rings. The van der Waals surface area contributed by atoms with E-state index in [1.54, 1.807) is 6.08 Å². The van der Waals surface area contributed by atoms with Crippen molar-refractivity contribution in [1.82, 2.24) is 37.2 Å². The molecule has 3 fully saturated rings. The average Bonchev–Trinajstić information content (AvgIpc) is 0.866. The summed E-state index contributed by atoms with van der Waals surface area (Å²) in [5.41, 5.74) is 0.222. The summed E-state index contributed by atoms with van der Waals surface area (Å²) in [6, 6.07) is -3.43. The maximum atomic E-state index is 14.1. The predicted octanol–water partition coefficient (Wildman–Crippen LogP) is 0.239. The van der Waals surface area contributed by atoms with E-state index in [4.69, 9.17) is 105 Å². The molecule has 18 atom stereocenters. The fourth-order valence-corrected chi connectivity index (χ4v) is 14.1. The minimum atomic E-state index is -1.29. The third kappa shape index (κ3) is 47.2. The summed E-state index contributed by atoms with van der Waals surface area (Å²) in [5, 5.41) is 28.5. The molecule has 3 saturated heterocycles. The van der Waals surface area contributed by atoms with Crippen LogP contribution in [0.2, 0.25) is 0 Å². The Labute approximate surface area is 756 Å². The highest BCUT2D eigenvalue weighted by Crippen LogP contribution is 2.33. The Morgan fingerprint density at radius 2 is 0.631 bits per heavy atom. The van der Waals surface area contributed by atoms with E-state index in [-0.39, 0.29) is 141 Å². The van der Waals surface area contributed by atoms with Crippen LogP contribution in [0.5, 0.6) is 0 Å². The number of hydrogen-bond donors (Lipinski definition) is 8. The second kappa shape index (κ2) is 64.5. The summed E-state index contributed by atoms with van der Waals surface area (Å²) in [5.74, 6) is -9.74. The lowest BCUT2D eigenvalue weighted by Crippen LogP contribution is -2.66. The number of aliphatic hydroxyl groups is 1. The Morgan fingerprint density at radius 3 is 0.962 bits per heavy atom. The summed E-state index contributed by atoms with van der Waals surface area (Å²) in [6.45, 7) is 15.0. The summed E-state index contributed by atoms with van der Waals surface area (Å²) < 4.78 is 121. The van der Waals surface area contributed by atoms with Crippen LogP contribution in [-0.4, -0.2) is 342 Å². The highest BCUT2D eigenvalue weighted by Gasteiger charge is 2.55. The molecule has 1 aliphatic carbocycles. The van der Waals surface area contributed by atoms with Crippen LogP contribution in [0.15, 0.2) is 11.6 Å². The summed E-state index contributed by atoms with van der Waals surface area (Å²) >= 11 is 0. The van der Waals surface area contributed by atoms with Gasteiger partial charge in [-0.15, -0.1) is 0 Å². The van der Waals surface area contributed by atoms with E-state index in [1.807, 2.05) is 0 Å². The second-order valence-electron chi connectivity index (χ2n) is 31.0. The lowest BCUT2D eigenvalue weighted by molar-refractivity contribution is -0.277. The van der Waals surface area contributed by atoms with E-state index < -0.39 is 207 Å². The standard InChI is InChI=1S/C85H137N7O38/c1-51(94)90-72-79(125-60(10)103)76(122-57(7)100)66(48-119-54(4)97)128-83(72)116-35-22-16-13-19-29-86-69(106)26-38-113-64-46-63(82(109)89-32-41-111-43-45-112-44-42-110-34-25-33-93)47-65(114-39-27-70(107)87-30-20-14-17-23-36-117-84-73(91-52(2)95)80(126-61(11)104)77(123-58(8)101)67(129-84)49-120-55(5)98)75(64)115-40-28-71(108)88-31-21-15-18-24-37-118-85-74(92-53(3)96)81(127-62(12)105)78(124-59(9)102)68(130-85)50-121-56(6)99/h46,64-68,72-81,83-85,93H,13-45,47-50H2,1-12H3,(H,86,106)(H,87,107)(H,88,108)(H,89,109)(H,90,94)(H,91,95)(H,92,96)/t64-,65-,66-,67-,68-,72-,73-,74-,75-,76+,77+,78+,79-,80-,81-,83-,84-,85-/m1/s1. The molecule has 0 radical (unpaired) electrons. The normalized spacial score (nSPS) is 24.0. The monoisotopic (exact) mass is 1860 g/mol. The Balaban J connectivity index is 1.45. The van der Waals surface area contributed by atoms with Crippen molar-refractivity contribution in [2.75, 3.05) is 132 Å². The van der Waals surface area contributed by atoms with Crippen molar-refractivity contribution >= 4 is 95.1 Å². The smallest absolute Gasteiger partial charge is 0.303 e. The van der Waals surface area contributed by atoms with Gasteiger partial charge < -0.3 is 142 Å². The van der Waals surface area contributed by atoms with Crippen molar-refractivity contribution in [1.29, 1.82) is 0 Å². The van der Waals surface area contributed by atoms with Crippen LogP contribution in [0.3, 0.4) is 0 Å². The predicted molar refractivity (Wildman–Crippen MR) is 447 cm³/mol. The van der Waals surface area contributed by atoms with Crippen molar-refractivity contribution in [3.05, 3.63) is 11.6 Å². The molecular weight excluding hydrogens is 1730 g/mol. The van der Waals surface area contributed by atoms with Crippen LogP contribution in [0.4, 0.5) is 0 Å². The van der Waals surface area contributed by atoms with Crippen LogP contribution < -0.4 is 37.2 Å². The molecule has 45 heteroatoms. The molecular formula is C85H137N7O38. The number of amides is 7. The topological polar surface area (TPSA) is 571 Å². The zero-order chi connectivity index (χ0) is 95.9. The van der Waals surface area contributed by atoms with Crippen LogP contribution in [0.25, 0.3) is 0 Å². The van der Waals surface area contributed by atoms with Gasteiger partial charge in [0.2, 0.25) is 41.4 Å². The molecule has 0 bridgehead atoms. The maximum absolute atomic E-state index is 14.1. The lowest BCUT2D eigenvalue weighted by atomic mass is 9.91. The zero-order valence-electron chi connectivity index (χ0n) is 76.7. The number of ether oxygens (including phenoxy) is 21. The van der Waals surface area contributed by atoms with E-state index in [9.17, 15) is 76.7 Å². The first-order valence-electron chi connectivity index (χ1n) is 44.1. The molecule has 740 valence electrons. The van der Waals surface area contributed by atoms with E-state index >= 15 is 0 Å². The van der Waals surface area contributed by atoms with Crippen LogP contribution in [0.1, 0.15) is 192 Å². The summed E-state index contributed by atoms with van der Waals surface area (Å²) in [6.07, 6.45) is -9.75. The van der Waals surface area contributed by atoms with E-state index in [2.05, 4.69) is 37.2 Å². The lowest BCUT2D eigenvalue weighted by Gasteiger charge is -2.44. The number of esters is 9. The maximum Gasteiger partial charge on any atom is 0.303 e. The van der Waals surface area contributed by atoms with Gasteiger partial charge in [-0.1, -0.05) is 38.5 Å². The van der Waals surface area contributed by atoms with Crippen LogP contribution in [-0.2, 0) is 176 Å². The molecule has 4 rings (SSSR count). The molecule has 3 aliphatic heterocycles. The van der Waals surface area contributed by atoms with Gasteiger partial charge in [0.1, 0.15) is 68.5 Å². The highest BCUT2D eigenvalue weighted by atomic mass is 16.7. The molecule has 8 N–H and O–H groups in total. The van der Waals surface area contributed by atoms with Crippen LogP contribution >= 0.6 is 0 Å². The van der Waals surface area contributed by atoms with Crippen LogP contribution in [0, 0.1) is 0 Å². The van der Waals surface area contributed by atoms with Gasteiger partial charge in [0.25, 0.3) is 0 Å². The number of carbonyl (C=O) groups is 16. The SMILES string of the molecule is CC(=O)N[C@H]1[C@H](OCCCCCCNC(=O)CCO[C@@H]2[C@H](OCCC(=O)NCCCCCCO[C@@H]3O[C@H](COC(C)=O)[C@H](OC(C)=O)[C@H](OC(C)=O)[C@H]3NC(C)=O)C=C(C(=O)NCCOCCOCCOCCCO)C[C@H]2OCCC(=O)NCCCCCCO[C@@H]2O[C@H](COC(C)=O)[C@H](OC(C)=O)[C@H](OC(C)=O)[C@H]2NC(C)=O)O[C@H](COC(C)=O)[C@H](OC(C)=O)[C@@H]1OC(C)=O. The Kier molecular flexibility index (Phi) is 56.1. The second-order valence-corrected chi connectivity index (χ2v) is 31.0. The largest absolute Gasteiger partial charge is 0.463 e. The minimum Gasteiger partial charge on any atom is -0.463 e. The fraction of sp³-hybridized carbons (Fsp3) is 0.788. The first kappa shape index (κ1) is 113. The first-order chi connectivity index (χ1) is 62.1. The quantitative estimate of drug-likeness (QED) is 0.0230. The molecule has 0 aromatic carbocycles. The number of nitrogens with one attached hydrogen (secondary N) is 7. The minimum absolute atomic E-state index is 0.0111. The Hall–Kier alpha value is -9.26. The summed E-state index contributed by atoms with van der Waals surface area (Å²) in [7, 11) is 0. The van der Waals surface area contributed by atoms with Gasteiger partial charge in [-0.25, -0.2) is 0 Å². The molecule has 0 spiro atoms. The summed E-state index contributed by atoms with van der Waals surface area (Å²) in [4.78, 5) is 201. The van der Waals surface area contributed by atoms with Gasteiger partial charge in [0, 0.05) is 174 Å². The number of carbonyl (C=O) groups excluding carboxylic acids is 16. The third-order valence-electron chi connectivity index (χ3n) is 19.7. The van der Waals surface area contributed by atoms with Crippen molar-refractivity contribution in [3.8, 4) is 0 Å². The molecule has 45 nitrogen and oxygen atoms in total. The fourth-order valence-electron chi connectivity index (χ4n) is 14.1. The number of rotatable bonds is 64. The molecule has 0 unspecified atom stereocenters. The van der Waals surface area contributed by atoms with Gasteiger partial charge in [-0.2, -0.15) is 0 Å².